The van der Waals surface area contributed by atoms with Gasteiger partial charge in [-0.05, 0) is 30.9 Å². The van der Waals surface area contributed by atoms with Gasteiger partial charge in [0.25, 0.3) is 0 Å². The van der Waals surface area contributed by atoms with Crippen molar-refractivity contribution in [3.63, 3.8) is 0 Å². The third-order valence-electron chi connectivity index (χ3n) is 3.89. The fraction of sp³-hybridized carbons (Fsp3) is 0.167. The van der Waals surface area contributed by atoms with E-state index in [0.717, 1.165) is 33.8 Å². The minimum absolute atomic E-state index is 0.134. The number of hydrogen-bond donors (Lipinski definition) is 2. The molecule has 0 aliphatic carbocycles. The molecule has 0 bridgehead atoms. The lowest BCUT2D eigenvalue weighted by Gasteiger charge is -2.14. The van der Waals surface area contributed by atoms with E-state index in [9.17, 15) is 13.2 Å². The number of nitrogens with one attached hydrogen (secondary N) is 2. The van der Waals surface area contributed by atoms with Crippen molar-refractivity contribution in [1.29, 1.82) is 0 Å². The lowest BCUT2D eigenvalue weighted by molar-refractivity contribution is -0.137. The third kappa shape index (κ3) is 4.20. The Balaban J connectivity index is 2.05. The number of aromatic amines is 1. The standard InChI is InChI=1S/C18H14Cl2F3N3S/c1-9-3-5-10(6-4-9)14-16(25-26-17(14)27-2)24-15-12(19)7-11(8-13(15)20)18(21,22)23/h3-8H,1-2H3,(H2,24,25,26). The van der Waals surface area contributed by atoms with Crippen LogP contribution in [0.1, 0.15) is 11.1 Å². The topological polar surface area (TPSA) is 40.7 Å². The number of anilines is 2. The molecule has 0 unspecified atom stereocenters. The Bertz CT molecular complexity index is 946. The second-order valence-corrected chi connectivity index (χ2v) is 7.40. The van der Waals surface area contributed by atoms with Crippen LogP contribution in [0, 0.1) is 6.92 Å². The number of rotatable bonds is 4. The number of halogens is 5. The summed E-state index contributed by atoms with van der Waals surface area (Å²) in [5, 5.41) is 10.6. The van der Waals surface area contributed by atoms with Gasteiger partial charge in [-0.25, -0.2) is 0 Å². The van der Waals surface area contributed by atoms with E-state index < -0.39 is 11.7 Å². The number of nitrogens with zero attached hydrogens (tertiary/aromatic N) is 1. The van der Waals surface area contributed by atoms with Crippen molar-refractivity contribution in [1.82, 2.24) is 10.2 Å². The Hall–Kier alpha value is -1.83. The van der Waals surface area contributed by atoms with Crippen LogP contribution in [0.2, 0.25) is 10.0 Å². The summed E-state index contributed by atoms with van der Waals surface area (Å²) in [6.07, 6.45) is -2.64. The van der Waals surface area contributed by atoms with Crippen molar-refractivity contribution in [3.8, 4) is 11.1 Å². The van der Waals surface area contributed by atoms with Gasteiger partial charge in [-0.3, -0.25) is 5.10 Å². The van der Waals surface area contributed by atoms with Crippen LogP contribution in [0.5, 0.6) is 0 Å². The van der Waals surface area contributed by atoms with Crippen LogP contribution in [0.4, 0.5) is 24.7 Å². The molecule has 0 saturated heterocycles. The quantitative estimate of drug-likeness (QED) is 0.429. The van der Waals surface area contributed by atoms with Crippen LogP contribution in [-0.4, -0.2) is 16.5 Å². The first-order chi connectivity index (χ1) is 12.7. The van der Waals surface area contributed by atoms with Crippen molar-refractivity contribution in [2.45, 2.75) is 18.1 Å². The molecule has 0 radical (unpaired) electrons. The molecule has 2 aromatic carbocycles. The van der Waals surface area contributed by atoms with Crippen molar-refractivity contribution < 1.29 is 13.2 Å². The van der Waals surface area contributed by atoms with Crippen molar-refractivity contribution >= 4 is 46.5 Å². The highest BCUT2D eigenvalue weighted by molar-refractivity contribution is 7.98. The lowest BCUT2D eigenvalue weighted by Crippen LogP contribution is -2.06. The number of alkyl halides is 3. The molecule has 0 aliphatic heterocycles. The Morgan fingerprint density at radius 3 is 2.19 bits per heavy atom. The summed E-state index contributed by atoms with van der Waals surface area (Å²) in [4.78, 5) is 0. The molecule has 1 heterocycles. The number of benzene rings is 2. The molecule has 0 aliphatic rings. The number of thioether (sulfide) groups is 1. The van der Waals surface area contributed by atoms with Crippen molar-refractivity contribution in [2.75, 3.05) is 11.6 Å². The number of H-pyrrole nitrogens is 1. The second kappa shape index (κ2) is 7.66. The van der Waals surface area contributed by atoms with Gasteiger partial charge in [0.1, 0.15) is 10.8 Å². The Labute approximate surface area is 168 Å². The van der Waals surface area contributed by atoms with E-state index in [1.54, 1.807) is 0 Å². The average Bonchev–Trinajstić information content (AvgIpc) is 3.00. The van der Waals surface area contributed by atoms with Gasteiger partial charge in [0, 0.05) is 0 Å². The van der Waals surface area contributed by atoms with Gasteiger partial charge in [-0.1, -0.05) is 53.0 Å². The highest BCUT2D eigenvalue weighted by atomic mass is 35.5. The fourth-order valence-corrected chi connectivity index (χ4v) is 3.68. The molecule has 1 aromatic heterocycles. The predicted molar refractivity (Wildman–Crippen MR) is 105 cm³/mol. The van der Waals surface area contributed by atoms with E-state index in [4.69, 9.17) is 23.2 Å². The van der Waals surface area contributed by atoms with E-state index >= 15 is 0 Å². The molecular formula is C18H14Cl2F3N3S. The Morgan fingerprint density at radius 1 is 1.07 bits per heavy atom. The number of aromatic nitrogens is 2. The zero-order chi connectivity index (χ0) is 19.8. The summed E-state index contributed by atoms with van der Waals surface area (Å²) in [7, 11) is 0. The number of aryl methyl sites for hydroxylation is 1. The van der Waals surface area contributed by atoms with Gasteiger partial charge < -0.3 is 5.32 Å². The van der Waals surface area contributed by atoms with Crippen molar-refractivity contribution in [3.05, 3.63) is 57.6 Å². The monoisotopic (exact) mass is 431 g/mol. The van der Waals surface area contributed by atoms with Gasteiger partial charge in [-0.15, -0.1) is 11.8 Å². The summed E-state index contributed by atoms with van der Waals surface area (Å²) in [6.45, 7) is 1.98. The maximum absolute atomic E-state index is 12.9. The largest absolute Gasteiger partial charge is 0.416 e. The fourth-order valence-electron chi connectivity index (χ4n) is 2.53. The predicted octanol–water partition coefficient (Wildman–Crippen LogP) is 7.18. The summed E-state index contributed by atoms with van der Waals surface area (Å²) in [5.41, 5.74) is 2.07. The molecule has 0 fully saturated rings. The number of hydrogen-bond acceptors (Lipinski definition) is 3. The summed E-state index contributed by atoms with van der Waals surface area (Å²) >= 11 is 13.6. The van der Waals surface area contributed by atoms with Gasteiger partial charge in [-0.2, -0.15) is 18.3 Å². The van der Waals surface area contributed by atoms with E-state index in [1.807, 2.05) is 37.4 Å². The molecule has 0 amide bonds. The van der Waals surface area contributed by atoms with Gasteiger partial charge in [0.2, 0.25) is 0 Å². The van der Waals surface area contributed by atoms with Crippen molar-refractivity contribution in [2.24, 2.45) is 0 Å². The second-order valence-electron chi connectivity index (χ2n) is 5.79. The summed E-state index contributed by atoms with van der Waals surface area (Å²) in [6, 6.07) is 9.51. The molecular weight excluding hydrogens is 418 g/mol. The molecule has 27 heavy (non-hydrogen) atoms. The molecule has 0 atom stereocenters. The first-order valence-electron chi connectivity index (χ1n) is 7.73. The molecule has 3 nitrogen and oxygen atoms in total. The first kappa shape index (κ1) is 19.9. The highest BCUT2D eigenvalue weighted by Crippen LogP contribution is 2.42. The SMILES string of the molecule is CSc1n[nH]c(Nc2c(Cl)cc(C(F)(F)F)cc2Cl)c1-c1ccc(C)cc1. The van der Waals surface area contributed by atoms with E-state index in [0.29, 0.717) is 5.82 Å². The van der Waals surface area contributed by atoms with Crippen LogP contribution in [0.3, 0.4) is 0 Å². The zero-order valence-corrected chi connectivity index (χ0v) is 16.5. The van der Waals surface area contributed by atoms with E-state index in [1.165, 1.54) is 11.8 Å². The third-order valence-corrected chi connectivity index (χ3v) is 5.16. The van der Waals surface area contributed by atoms with Gasteiger partial charge in [0.15, 0.2) is 0 Å². The first-order valence-corrected chi connectivity index (χ1v) is 9.71. The Morgan fingerprint density at radius 2 is 1.67 bits per heavy atom. The van der Waals surface area contributed by atoms with Gasteiger partial charge >= 0.3 is 6.18 Å². The van der Waals surface area contributed by atoms with Gasteiger partial charge in [0.05, 0.1) is 26.9 Å². The minimum atomic E-state index is -4.53. The maximum atomic E-state index is 12.9. The van der Waals surface area contributed by atoms with Crippen LogP contribution < -0.4 is 5.32 Å². The summed E-state index contributed by atoms with van der Waals surface area (Å²) < 4.78 is 38.8. The Kier molecular flexibility index (Phi) is 5.65. The van der Waals surface area contributed by atoms with E-state index in [2.05, 4.69) is 15.5 Å². The average molecular weight is 432 g/mol. The normalized spacial score (nSPS) is 11.7. The molecule has 142 valence electrons. The molecule has 0 spiro atoms. The molecule has 3 aromatic rings. The highest BCUT2D eigenvalue weighted by Gasteiger charge is 2.32. The minimum Gasteiger partial charge on any atom is -0.338 e. The van der Waals surface area contributed by atoms with E-state index in [-0.39, 0.29) is 15.7 Å². The molecule has 2 N–H and O–H groups in total. The van der Waals surface area contributed by atoms with Crippen LogP contribution in [0.25, 0.3) is 11.1 Å². The lowest BCUT2D eigenvalue weighted by atomic mass is 10.1. The smallest absolute Gasteiger partial charge is 0.338 e. The molecule has 9 heteroatoms. The molecule has 3 rings (SSSR count). The molecule has 0 saturated carbocycles. The van der Waals surface area contributed by atoms with Crippen LogP contribution in [0.15, 0.2) is 41.4 Å². The van der Waals surface area contributed by atoms with Crippen LogP contribution >= 0.6 is 35.0 Å². The van der Waals surface area contributed by atoms with Crippen LogP contribution in [-0.2, 0) is 6.18 Å². The zero-order valence-electron chi connectivity index (χ0n) is 14.2. The maximum Gasteiger partial charge on any atom is 0.416 e. The summed E-state index contributed by atoms with van der Waals surface area (Å²) in [5.74, 6) is 0.492.